The average Bonchev–Trinajstić information content (AvgIpc) is 2.34. The van der Waals surface area contributed by atoms with Crippen LogP contribution in [0.4, 0.5) is 0 Å². The Kier molecular flexibility index (Phi) is 4.12. The Morgan fingerprint density at radius 3 is 2.37 bits per heavy atom. The van der Waals surface area contributed by atoms with Gasteiger partial charge in [0.1, 0.15) is 11.6 Å². The molecule has 2 N–H and O–H groups in total. The highest BCUT2D eigenvalue weighted by Gasteiger charge is 2.08. The number of aromatic hydroxyl groups is 1. The molecule has 1 aromatic heterocycles. The summed E-state index contributed by atoms with van der Waals surface area (Å²) in [5.74, 6) is 0.991. The Balaban J connectivity index is 2.27. The molecule has 0 unspecified atom stereocenters. The minimum Gasteiger partial charge on any atom is -0.508 e. The lowest BCUT2D eigenvalue weighted by Crippen LogP contribution is -2.07. The first kappa shape index (κ1) is 13.5. The van der Waals surface area contributed by atoms with Gasteiger partial charge in [-0.05, 0) is 43.5 Å². The number of benzene rings is 1. The van der Waals surface area contributed by atoms with Crippen LogP contribution in [0.2, 0.25) is 0 Å². The number of aliphatic hydroxyl groups is 1. The van der Waals surface area contributed by atoms with Crippen LogP contribution in [-0.2, 0) is 12.8 Å². The van der Waals surface area contributed by atoms with Crippen LogP contribution in [0.25, 0.3) is 0 Å². The fraction of sp³-hybridized carbons (Fsp3) is 0.333. The van der Waals surface area contributed by atoms with E-state index in [1.165, 1.54) is 0 Å². The molecule has 0 radical (unpaired) electrons. The van der Waals surface area contributed by atoms with Gasteiger partial charge in [0, 0.05) is 24.4 Å². The van der Waals surface area contributed by atoms with Crippen LogP contribution in [0, 0.1) is 13.8 Å². The number of hydrogen-bond acceptors (Lipinski definition) is 4. The molecule has 4 heteroatoms. The first-order chi connectivity index (χ1) is 9.10. The molecule has 2 aromatic rings. The van der Waals surface area contributed by atoms with Crippen molar-refractivity contribution < 1.29 is 10.2 Å². The smallest absolute Gasteiger partial charge is 0.133 e. The molecule has 0 fully saturated rings. The predicted octanol–water partition coefficient (Wildman–Crippen LogP) is 1.92. The van der Waals surface area contributed by atoms with E-state index in [9.17, 15) is 5.11 Å². The summed E-state index contributed by atoms with van der Waals surface area (Å²) in [6.45, 7) is 3.98. The van der Waals surface area contributed by atoms with E-state index < -0.39 is 0 Å². The van der Waals surface area contributed by atoms with Crippen molar-refractivity contribution in [3.63, 3.8) is 0 Å². The molecular formula is C15H18N2O2. The number of nitrogens with zero attached hydrogens (tertiary/aromatic N) is 2. The fourth-order valence-corrected chi connectivity index (χ4v) is 2.21. The van der Waals surface area contributed by atoms with E-state index in [1.807, 2.05) is 26.0 Å². The number of aliphatic hydroxyl groups excluding tert-OH is 1. The van der Waals surface area contributed by atoms with Gasteiger partial charge in [0.05, 0.1) is 0 Å². The van der Waals surface area contributed by atoms with Crippen molar-refractivity contribution in [1.29, 1.82) is 0 Å². The molecule has 0 atom stereocenters. The first-order valence-corrected chi connectivity index (χ1v) is 6.32. The van der Waals surface area contributed by atoms with Crippen LogP contribution in [-0.4, -0.2) is 26.8 Å². The van der Waals surface area contributed by atoms with Crippen LogP contribution < -0.4 is 0 Å². The van der Waals surface area contributed by atoms with E-state index in [-0.39, 0.29) is 12.4 Å². The lowest BCUT2D eigenvalue weighted by molar-refractivity contribution is 0.298. The van der Waals surface area contributed by atoms with E-state index in [0.717, 1.165) is 28.3 Å². The molecule has 0 aliphatic carbocycles. The van der Waals surface area contributed by atoms with Crippen molar-refractivity contribution in [3.05, 3.63) is 52.6 Å². The van der Waals surface area contributed by atoms with Crippen LogP contribution >= 0.6 is 0 Å². The minimum atomic E-state index is 0.108. The van der Waals surface area contributed by atoms with Gasteiger partial charge < -0.3 is 10.2 Å². The molecule has 2 rings (SSSR count). The molecule has 4 nitrogen and oxygen atoms in total. The maximum Gasteiger partial charge on any atom is 0.133 e. The first-order valence-electron chi connectivity index (χ1n) is 6.32. The van der Waals surface area contributed by atoms with E-state index >= 15 is 0 Å². The highest BCUT2D eigenvalue weighted by molar-refractivity contribution is 5.30. The highest BCUT2D eigenvalue weighted by atomic mass is 16.3. The zero-order valence-corrected chi connectivity index (χ0v) is 11.2. The Hall–Kier alpha value is -1.94. The van der Waals surface area contributed by atoms with E-state index in [0.29, 0.717) is 12.8 Å². The summed E-state index contributed by atoms with van der Waals surface area (Å²) in [4.78, 5) is 8.95. The lowest BCUT2D eigenvalue weighted by Gasteiger charge is -2.10. The van der Waals surface area contributed by atoms with Crippen molar-refractivity contribution in [3.8, 4) is 5.75 Å². The number of rotatable bonds is 4. The zero-order valence-electron chi connectivity index (χ0n) is 11.2. The van der Waals surface area contributed by atoms with Crippen LogP contribution in [0.5, 0.6) is 5.75 Å². The molecule has 1 heterocycles. The minimum absolute atomic E-state index is 0.108. The van der Waals surface area contributed by atoms with Crippen LogP contribution in [0.15, 0.2) is 24.3 Å². The number of aromatic nitrogens is 2. The standard InChI is InChI=1S/C15H18N2O2/c1-10-14(6-7-18)11(2)17-15(16-10)9-12-4-3-5-13(19)8-12/h3-5,8,18-19H,6-7,9H2,1-2H3. The number of phenolic OH excluding ortho intramolecular Hbond substituents is 1. The monoisotopic (exact) mass is 258 g/mol. The van der Waals surface area contributed by atoms with Gasteiger partial charge in [0.15, 0.2) is 0 Å². The van der Waals surface area contributed by atoms with Crippen LogP contribution in [0.1, 0.15) is 28.3 Å². The van der Waals surface area contributed by atoms with Gasteiger partial charge in [-0.15, -0.1) is 0 Å². The zero-order chi connectivity index (χ0) is 13.8. The van der Waals surface area contributed by atoms with Crippen molar-refractivity contribution in [2.45, 2.75) is 26.7 Å². The van der Waals surface area contributed by atoms with Crippen molar-refractivity contribution in [2.75, 3.05) is 6.61 Å². The largest absolute Gasteiger partial charge is 0.508 e. The van der Waals surface area contributed by atoms with E-state index in [2.05, 4.69) is 9.97 Å². The molecule has 100 valence electrons. The Bertz CT molecular complexity index is 559. The second kappa shape index (κ2) is 5.80. The third-order valence-electron chi connectivity index (χ3n) is 3.10. The molecule has 0 saturated carbocycles. The molecule has 0 amide bonds. The topological polar surface area (TPSA) is 66.2 Å². The number of aryl methyl sites for hydroxylation is 2. The molecule has 1 aromatic carbocycles. The van der Waals surface area contributed by atoms with Crippen molar-refractivity contribution in [2.24, 2.45) is 0 Å². The Morgan fingerprint density at radius 1 is 1.11 bits per heavy atom. The van der Waals surface area contributed by atoms with Crippen molar-refractivity contribution in [1.82, 2.24) is 9.97 Å². The summed E-state index contributed by atoms with van der Waals surface area (Å²) in [5, 5.41) is 18.5. The SMILES string of the molecule is Cc1nc(Cc2cccc(O)c2)nc(C)c1CCO. The normalized spacial score (nSPS) is 10.7. The Morgan fingerprint density at radius 2 is 1.79 bits per heavy atom. The van der Waals surface area contributed by atoms with Crippen molar-refractivity contribution >= 4 is 0 Å². The van der Waals surface area contributed by atoms with Gasteiger partial charge in [-0.3, -0.25) is 0 Å². The van der Waals surface area contributed by atoms with Gasteiger partial charge in [-0.2, -0.15) is 0 Å². The van der Waals surface area contributed by atoms with Gasteiger partial charge in [-0.25, -0.2) is 9.97 Å². The van der Waals surface area contributed by atoms with Crippen LogP contribution in [0.3, 0.4) is 0 Å². The number of hydrogen-bond donors (Lipinski definition) is 2. The third-order valence-corrected chi connectivity index (χ3v) is 3.10. The maximum atomic E-state index is 9.45. The predicted molar refractivity (Wildman–Crippen MR) is 73.2 cm³/mol. The maximum absolute atomic E-state index is 9.45. The fourth-order valence-electron chi connectivity index (χ4n) is 2.21. The molecule has 19 heavy (non-hydrogen) atoms. The molecule has 0 aliphatic heterocycles. The second-order valence-electron chi connectivity index (χ2n) is 4.61. The van der Waals surface area contributed by atoms with Gasteiger partial charge >= 0.3 is 0 Å². The lowest BCUT2D eigenvalue weighted by atomic mass is 10.1. The summed E-state index contributed by atoms with van der Waals surface area (Å²) in [7, 11) is 0. The Labute approximate surface area is 112 Å². The average molecular weight is 258 g/mol. The van der Waals surface area contributed by atoms with E-state index in [4.69, 9.17) is 5.11 Å². The summed E-state index contributed by atoms with van der Waals surface area (Å²) >= 11 is 0. The molecule has 0 spiro atoms. The van der Waals surface area contributed by atoms with Gasteiger partial charge in [0.25, 0.3) is 0 Å². The second-order valence-corrected chi connectivity index (χ2v) is 4.61. The molecule has 0 aliphatic rings. The van der Waals surface area contributed by atoms with Gasteiger partial charge in [-0.1, -0.05) is 12.1 Å². The number of phenols is 1. The van der Waals surface area contributed by atoms with Gasteiger partial charge in [0.2, 0.25) is 0 Å². The highest BCUT2D eigenvalue weighted by Crippen LogP contribution is 2.16. The summed E-state index contributed by atoms with van der Waals surface area (Å²) in [5.41, 5.74) is 3.82. The van der Waals surface area contributed by atoms with E-state index in [1.54, 1.807) is 12.1 Å². The summed E-state index contributed by atoms with van der Waals surface area (Å²) < 4.78 is 0. The molecular weight excluding hydrogens is 240 g/mol. The molecule has 0 bridgehead atoms. The quantitative estimate of drug-likeness (QED) is 0.879. The summed E-state index contributed by atoms with van der Waals surface area (Å²) in [6, 6.07) is 7.11. The third kappa shape index (κ3) is 3.29. The summed E-state index contributed by atoms with van der Waals surface area (Å²) in [6.07, 6.45) is 1.18. The molecule has 0 saturated heterocycles.